The van der Waals surface area contributed by atoms with Crippen molar-refractivity contribution in [3.8, 4) is 0 Å². The van der Waals surface area contributed by atoms with Crippen LogP contribution in [0.25, 0.3) is 0 Å². The molecule has 0 nitrogen and oxygen atoms in total. The monoisotopic (exact) mass is 148 g/mol. The Morgan fingerprint density at radius 3 is 2.20 bits per heavy atom. The maximum absolute atomic E-state index is 12.4. The van der Waals surface area contributed by atoms with Crippen LogP contribution in [-0.4, -0.2) is 0 Å². The molecule has 0 aliphatic rings. The fraction of sp³-hybridized carbons (Fsp3) is 0.750. The normalized spacial score (nSPS) is 16.0. The van der Waals surface area contributed by atoms with Gasteiger partial charge in [0.15, 0.2) is 0 Å². The SMILES string of the molecule is CC(C)C[C@@H](C)/C(F)=C\F. The van der Waals surface area contributed by atoms with Gasteiger partial charge in [-0.05, 0) is 12.3 Å². The minimum absolute atomic E-state index is 0.0487. The van der Waals surface area contributed by atoms with E-state index in [-0.39, 0.29) is 12.2 Å². The Balaban J connectivity index is 3.73. The largest absolute Gasteiger partial charge is 0.213 e. The molecule has 0 aromatic carbocycles. The predicted octanol–water partition coefficient (Wildman–Crippen LogP) is 3.45. The van der Waals surface area contributed by atoms with E-state index in [0.29, 0.717) is 12.3 Å². The maximum atomic E-state index is 12.4. The van der Waals surface area contributed by atoms with Gasteiger partial charge in [-0.2, -0.15) is 0 Å². The van der Waals surface area contributed by atoms with Crippen LogP contribution in [0.2, 0.25) is 0 Å². The summed E-state index contributed by atoms with van der Waals surface area (Å²) >= 11 is 0. The standard InChI is InChI=1S/C8H14F2/c1-6(2)4-7(3)8(10)5-9/h5-7H,4H2,1-3H3/b8-5+/t7-/m1/s1. The molecule has 0 N–H and O–H groups in total. The van der Waals surface area contributed by atoms with E-state index in [9.17, 15) is 8.78 Å². The van der Waals surface area contributed by atoms with Crippen molar-refractivity contribution in [2.45, 2.75) is 27.2 Å². The third kappa shape index (κ3) is 3.59. The van der Waals surface area contributed by atoms with Crippen LogP contribution >= 0.6 is 0 Å². The molecule has 0 fully saturated rings. The summed E-state index contributed by atoms with van der Waals surface area (Å²) in [6.45, 7) is 5.66. The lowest BCUT2D eigenvalue weighted by atomic mass is 9.98. The summed E-state index contributed by atoms with van der Waals surface area (Å²) < 4.78 is 23.9. The third-order valence-corrected chi connectivity index (χ3v) is 1.40. The maximum Gasteiger partial charge on any atom is 0.131 e. The lowest BCUT2D eigenvalue weighted by Gasteiger charge is -2.09. The molecular weight excluding hydrogens is 134 g/mol. The highest BCUT2D eigenvalue weighted by atomic mass is 19.2. The third-order valence-electron chi connectivity index (χ3n) is 1.40. The number of halogens is 2. The molecule has 0 radical (unpaired) electrons. The smallest absolute Gasteiger partial charge is 0.131 e. The predicted molar refractivity (Wildman–Crippen MR) is 38.9 cm³/mol. The lowest BCUT2D eigenvalue weighted by molar-refractivity contribution is 0.400. The molecule has 0 saturated carbocycles. The second-order valence-electron chi connectivity index (χ2n) is 3.02. The van der Waals surface area contributed by atoms with Crippen molar-refractivity contribution in [1.82, 2.24) is 0 Å². The molecular formula is C8H14F2. The quantitative estimate of drug-likeness (QED) is 0.575. The van der Waals surface area contributed by atoms with E-state index in [4.69, 9.17) is 0 Å². The van der Waals surface area contributed by atoms with Crippen molar-refractivity contribution in [3.63, 3.8) is 0 Å². The average Bonchev–Trinajstić information content (AvgIpc) is 1.85. The van der Waals surface area contributed by atoms with Gasteiger partial charge in [-0.25, -0.2) is 8.78 Å². The topological polar surface area (TPSA) is 0 Å². The van der Waals surface area contributed by atoms with Crippen LogP contribution in [0, 0.1) is 11.8 Å². The highest BCUT2D eigenvalue weighted by Gasteiger charge is 2.09. The number of rotatable bonds is 3. The summed E-state index contributed by atoms with van der Waals surface area (Å²) in [7, 11) is 0. The van der Waals surface area contributed by atoms with Crippen LogP contribution in [0.3, 0.4) is 0 Å². The van der Waals surface area contributed by atoms with Gasteiger partial charge >= 0.3 is 0 Å². The first-order valence-corrected chi connectivity index (χ1v) is 3.53. The molecule has 0 spiro atoms. The van der Waals surface area contributed by atoms with Crippen molar-refractivity contribution >= 4 is 0 Å². The number of hydrogen-bond acceptors (Lipinski definition) is 0. The Bertz CT molecular complexity index is 116. The van der Waals surface area contributed by atoms with Gasteiger partial charge in [-0.1, -0.05) is 20.8 Å². The first-order valence-electron chi connectivity index (χ1n) is 3.53. The average molecular weight is 148 g/mol. The molecule has 0 bridgehead atoms. The van der Waals surface area contributed by atoms with Crippen LogP contribution in [0.1, 0.15) is 27.2 Å². The summed E-state index contributed by atoms with van der Waals surface area (Å²) in [6.07, 6.45) is 0.749. The molecule has 0 aliphatic carbocycles. The van der Waals surface area contributed by atoms with Crippen LogP contribution in [-0.2, 0) is 0 Å². The zero-order valence-corrected chi connectivity index (χ0v) is 6.70. The van der Waals surface area contributed by atoms with Crippen molar-refractivity contribution in [3.05, 3.63) is 12.2 Å². The first-order chi connectivity index (χ1) is 4.57. The molecule has 0 rings (SSSR count). The van der Waals surface area contributed by atoms with Gasteiger partial charge in [0, 0.05) is 5.92 Å². The summed E-state index contributed by atoms with van der Waals surface area (Å²) in [6, 6.07) is 0. The number of allylic oxidation sites excluding steroid dienone is 1. The van der Waals surface area contributed by atoms with E-state index in [1.165, 1.54) is 0 Å². The highest BCUT2D eigenvalue weighted by Crippen LogP contribution is 2.20. The van der Waals surface area contributed by atoms with Crippen molar-refractivity contribution in [2.24, 2.45) is 11.8 Å². The van der Waals surface area contributed by atoms with Gasteiger partial charge in [-0.3, -0.25) is 0 Å². The van der Waals surface area contributed by atoms with Gasteiger partial charge in [0.1, 0.15) is 12.2 Å². The fourth-order valence-corrected chi connectivity index (χ4v) is 0.927. The molecule has 0 heterocycles. The Morgan fingerprint density at radius 2 is 1.90 bits per heavy atom. The van der Waals surface area contributed by atoms with E-state index in [1.54, 1.807) is 6.92 Å². The Morgan fingerprint density at radius 1 is 1.40 bits per heavy atom. The lowest BCUT2D eigenvalue weighted by Crippen LogP contribution is -1.99. The zero-order valence-electron chi connectivity index (χ0n) is 6.70. The van der Waals surface area contributed by atoms with Crippen molar-refractivity contribution in [1.29, 1.82) is 0 Å². The molecule has 0 aromatic heterocycles. The van der Waals surface area contributed by atoms with E-state index >= 15 is 0 Å². The second kappa shape index (κ2) is 4.42. The van der Waals surface area contributed by atoms with Crippen molar-refractivity contribution in [2.75, 3.05) is 0 Å². The Hall–Kier alpha value is -0.400. The molecule has 0 aromatic rings. The molecule has 10 heavy (non-hydrogen) atoms. The minimum atomic E-state index is -0.645. The van der Waals surface area contributed by atoms with Crippen LogP contribution in [0.5, 0.6) is 0 Å². The summed E-state index contributed by atoms with van der Waals surface area (Å²) in [5.41, 5.74) is 0. The van der Waals surface area contributed by atoms with Gasteiger partial charge in [0.05, 0.1) is 0 Å². The fourth-order valence-electron chi connectivity index (χ4n) is 0.927. The van der Waals surface area contributed by atoms with Crippen LogP contribution < -0.4 is 0 Å². The Kier molecular flexibility index (Phi) is 4.24. The number of hydrogen-bond donors (Lipinski definition) is 0. The summed E-state index contributed by atoms with van der Waals surface area (Å²) in [5, 5.41) is 0. The van der Waals surface area contributed by atoms with Crippen LogP contribution in [0.4, 0.5) is 8.78 Å². The van der Waals surface area contributed by atoms with Crippen LogP contribution in [0.15, 0.2) is 12.2 Å². The Labute approximate surface area is 60.9 Å². The van der Waals surface area contributed by atoms with Crippen molar-refractivity contribution < 1.29 is 8.78 Å². The highest BCUT2D eigenvalue weighted by molar-refractivity contribution is 4.90. The van der Waals surface area contributed by atoms with Gasteiger partial charge < -0.3 is 0 Å². The van der Waals surface area contributed by atoms with E-state index in [2.05, 4.69) is 0 Å². The molecule has 1 atom stereocenters. The second-order valence-corrected chi connectivity index (χ2v) is 3.02. The molecule has 2 heteroatoms. The summed E-state index contributed by atoms with van der Waals surface area (Å²) in [4.78, 5) is 0. The molecule has 0 amide bonds. The van der Waals surface area contributed by atoms with E-state index in [0.717, 1.165) is 0 Å². The van der Waals surface area contributed by atoms with E-state index in [1.807, 2.05) is 13.8 Å². The first kappa shape index (κ1) is 9.60. The minimum Gasteiger partial charge on any atom is -0.213 e. The molecule has 0 unspecified atom stereocenters. The van der Waals surface area contributed by atoms with Gasteiger partial charge in [-0.15, -0.1) is 0 Å². The molecule has 60 valence electrons. The van der Waals surface area contributed by atoms with Gasteiger partial charge in [0.2, 0.25) is 0 Å². The summed E-state index contributed by atoms with van der Waals surface area (Å²) in [5.74, 6) is -0.501. The zero-order chi connectivity index (χ0) is 8.15. The van der Waals surface area contributed by atoms with Gasteiger partial charge in [0.25, 0.3) is 0 Å². The molecule has 0 saturated heterocycles. The molecule has 0 aliphatic heterocycles. The van der Waals surface area contributed by atoms with E-state index < -0.39 is 5.83 Å².